The van der Waals surface area contributed by atoms with E-state index in [0.717, 1.165) is 24.0 Å². The second-order valence-electron chi connectivity index (χ2n) is 9.68. The van der Waals surface area contributed by atoms with Gasteiger partial charge >= 0.3 is 6.09 Å². The highest BCUT2D eigenvalue weighted by Crippen LogP contribution is 2.25. The van der Waals surface area contributed by atoms with Crippen LogP contribution in [0.5, 0.6) is 0 Å². The Labute approximate surface area is 201 Å². The Kier molecular flexibility index (Phi) is 8.68. The van der Waals surface area contributed by atoms with Crippen molar-refractivity contribution in [3.05, 3.63) is 71.8 Å². The highest BCUT2D eigenvalue weighted by Gasteiger charge is 2.26. The first-order valence-electron chi connectivity index (χ1n) is 11.8. The molecule has 0 bridgehead atoms. The zero-order chi connectivity index (χ0) is 24.6. The quantitative estimate of drug-likeness (QED) is 0.653. The molecule has 0 atom stereocenters. The lowest BCUT2D eigenvalue weighted by Crippen LogP contribution is -2.46. The minimum absolute atomic E-state index is 0.0162. The van der Waals surface area contributed by atoms with Crippen LogP contribution < -0.4 is 10.6 Å². The van der Waals surface area contributed by atoms with Gasteiger partial charge in [-0.25, -0.2) is 4.79 Å². The van der Waals surface area contributed by atoms with Gasteiger partial charge < -0.3 is 20.3 Å². The number of hydrogen-bond acceptors (Lipinski definition) is 4. The molecule has 0 unspecified atom stereocenters. The molecule has 3 rings (SSSR count). The van der Waals surface area contributed by atoms with E-state index in [-0.39, 0.29) is 24.3 Å². The molecule has 0 aliphatic carbocycles. The smallest absolute Gasteiger partial charge is 0.408 e. The minimum Gasteiger partial charge on any atom is -0.444 e. The van der Waals surface area contributed by atoms with E-state index >= 15 is 0 Å². The van der Waals surface area contributed by atoms with Crippen molar-refractivity contribution in [1.82, 2.24) is 15.5 Å². The van der Waals surface area contributed by atoms with Gasteiger partial charge in [-0.3, -0.25) is 9.59 Å². The maximum atomic E-state index is 13.2. The van der Waals surface area contributed by atoms with Crippen molar-refractivity contribution < 1.29 is 19.1 Å². The molecule has 3 amide bonds. The van der Waals surface area contributed by atoms with Crippen LogP contribution in [0.15, 0.2) is 60.7 Å². The number of hydrogen-bond donors (Lipinski definition) is 2. The molecule has 0 aromatic heterocycles. The number of rotatable bonds is 7. The highest BCUT2D eigenvalue weighted by molar-refractivity contribution is 5.87. The van der Waals surface area contributed by atoms with Gasteiger partial charge in [0.05, 0.1) is 5.92 Å². The van der Waals surface area contributed by atoms with Gasteiger partial charge in [-0.15, -0.1) is 0 Å². The molecule has 34 heavy (non-hydrogen) atoms. The lowest BCUT2D eigenvalue weighted by Gasteiger charge is -2.32. The number of benzene rings is 2. The van der Waals surface area contributed by atoms with Crippen molar-refractivity contribution in [3.8, 4) is 0 Å². The van der Waals surface area contributed by atoms with Gasteiger partial charge in [0, 0.05) is 19.6 Å². The fraction of sp³-hybridized carbons (Fsp3) is 0.444. The van der Waals surface area contributed by atoms with Gasteiger partial charge in [0.1, 0.15) is 12.1 Å². The monoisotopic (exact) mass is 465 g/mol. The van der Waals surface area contributed by atoms with Gasteiger partial charge in [-0.05, 0) is 50.7 Å². The van der Waals surface area contributed by atoms with E-state index in [2.05, 4.69) is 10.6 Å². The van der Waals surface area contributed by atoms with Crippen LogP contribution in [0.25, 0.3) is 0 Å². The minimum atomic E-state index is -0.601. The summed E-state index contributed by atoms with van der Waals surface area (Å²) < 4.78 is 5.17. The van der Waals surface area contributed by atoms with Crippen molar-refractivity contribution in [1.29, 1.82) is 0 Å². The molecule has 1 fully saturated rings. The first-order valence-corrected chi connectivity index (χ1v) is 11.8. The van der Waals surface area contributed by atoms with Gasteiger partial charge in [-0.2, -0.15) is 0 Å². The van der Waals surface area contributed by atoms with E-state index in [4.69, 9.17) is 4.74 Å². The van der Waals surface area contributed by atoms with Crippen LogP contribution in [-0.2, 0) is 14.3 Å². The summed E-state index contributed by atoms with van der Waals surface area (Å²) in [5, 5.41) is 5.66. The van der Waals surface area contributed by atoms with Gasteiger partial charge in [0.25, 0.3) is 0 Å². The predicted octanol–water partition coefficient (Wildman–Crippen LogP) is 3.70. The third-order valence-electron chi connectivity index (χ3n) is 5.84. The second kappa shape index (κ2) is 11.7. The van der Waals surface area contributed by atoms with Crippen LogP contribution >= 0.6 is 0 Å². The number of likely N-dealkylation sites (tertiary alicyclic amines) is 1. The summed E-state index contributed by atoms with van der Waals surface area (Å²) in [6.45, 7) is 7.05. The number of piperidine rings is 1. The molecular formula is C27H35N3O4. The summed E-state index contributed by atoms with van der Waals surface area (Å²) in [4.78, 5) is 39.1. The lowest BCUT2D eigenvalue weighted by molar-refractivity contribution is -0.131. The third kappa shape index (κ3) is 7.61. The maximum Gasteiger partial charge on any atom is 0.408 e. The van der Waals surface area contributed by atoms with Crippen molar-refractivity contribution in [2.45, 2.75) is 45.1 Å². The largest absolute Gasteiger partial charge is 0.444 e. The van der Waals surface area contributed by atoms with Crippen molar-refractivity contribution in [3.63, 3.8) is 0 Å². The molecular weight excluding hydrogens is 430 g/mol. The van der Waals surface area contributed by atoms with Crippen molar-refractivity contribution in [2.24, 2.45) is 5.92 Å². The summed E-state index contributed by atoms with van der Waals surface area (Å²) in [6, 6.07) is 19.6. The fourth-order valence-electron chi connectivity index (χ4n) is 4.09. The SMILES string of the molecule is CC(C)(C)OC(=O)NCC(=O)N1CCC(CNC(=O)C(c2ccccc2)c2ccccc2)CC1. The summed E-state index contributed by atoms with van der Waals surface area (Å²) in [6.07, 6.45) is 1.02. The van der Waals surface area contributed by atoms with Crippen LogP contribution in [0.3, 0.4) is 0 Å². The number of amides is 3. The van der Waals surface area contributed by atoms with Gasteiger partial charge in [-0.1, -0.05) is 60.7 Å². The lowest BCUT2D eigenvalue weighted by atomic mass is 9.90. The first kappa shape index (κ1) is 25.3. The number of carbonyl (C=O) groups excluding carboxylic acids is 3. The van der Waals surface area contributed by atoms with E-state index in [1.807, 2.05) is 60.7 Å². The Morgan fingerprint density at radius 2 is 1.44 bits per heavy atom. The molecule has 2 aromatic rings. The Bertz CT molecular complexity index is 909. The molecule has 1 aliphatic heterocycles. The first-order chi connectivity index (χ1) is 16.2. The van der Waals surface area contributed by atoms with Crippen LogP contribution in [0, 0.1) is 5.92 Å². The van der Waals surface area contributed by atoms with Crippen LogP contribution in [0.2, 0.25) is 0 Å². The number of alkyl carbamates (subject to hydrolysis) is 1. The van der Waals surface area contributed by atoms with Crippen LogP contribution in [0.1, 0.15) is 50.7 Å². The van der Waals surface area contributed by atoms with Gasteiger partial charge in [0.2, 0.25) is 11.8 Å². The molecule has 2 N–H and O–H groups in total. The molecule has 0 radical (unpaired) electrons. The standard InChI is InChI=1S/C27H35N3O4/c1-27(2,3)34-26(33)29-19-23(31)30-16-14-20(15-17-30)18-28-25(32)24(21-10-6-4-7-11-21)22-12-8-5-9-13-22/h4-13,20,24H,14-19H2,1-3H3,(H,28,32)(H,29,33). The number of nitrogens with one attached hydrogen (secondary N) is 2. The number of carbonyl (C=O) groups is 3. The number of ether oxygens (including phenoxy) is 1. The van der Waals surface area contributed by atoms with Gasteiger partial charge in [0.15, 0.2) is 0 Å². The van der Waals surface area contributed by atoms with E-state index in [0.29, 0.717) is 25.6 Å². The highest BCUT2D eigenvalue weighted by atomic mass is 16.6. The molecule has 1 aliphatic rings. The average molecular weight is 466 g/mol. The number of nitrogens with zero attached hydrogens (tertiary/aromatic N) is 1. The van der Waals surface area contributed by atoms with E-state index in [9.17, 15) is 14.4 Å². The molecule has 1 heterocycles. The molecule has 0 spiro atoms. The summed E-state index contributed by atoms with van der Waals surface area (Å²) >= 11 is 0. The van der Waals surface area contributed by atoms with E-state index in [1.165, 1.54) is 0 Å². The molecule has 7 nitrogen and oxygen atoms in total. The second-order valence-corrected chi connectivity index (χ2v) is 9.68. The normalized spacial score (nSPS) is 14.5. The van der Waals surface area contributed by atoms with Crippen molar-refractivity contribution >= 4 is 17.9 Å². The zero-order valence-corrected chi connectivity index (χ0v) is 20.3. The Morgan fingerprint density at radius 3 is 1.94 bits per heavy atom. The Balaban J connectivity index is 1.47. The van der Waals surface area contributed by atoms with Crippen molar-refractivity contribution in [2.75, 3.05) is 26.2 Å². The van der Waals surface area contributed by atoms with E-state index < -0.39 is 11.7 Å². The Hall–Kier alpha value is -3.35. The predicted molar refractivity (Wildman–Crippen MR) is 131 cm³/mol. The molecule has 182 valence electrons. The molecule has 7 heteroatoms. The maximum absolute atomic E-state index is 13.2. The van der Waals surface area contributed by atoms with Crippen LogP contribution in [0.4, 0.5) is 4.79 Å². The topological polar surface area (TPSA) is 87.7 Å². The average Bonchev–Trinajstić information content (AvgIpc) is 2.82. The molecule has 0 saturated carbocycles. The molecule has 2 aromatic carbocycles. The fourth-order valence-corrected chi connectivity index (χ4v) is 4.09. The summed E-state index contributed by atoms with van der Waals surface area (Å²) in [5.41, 5.74) is 1.32. The summed E-state index contributed by atoms with van der Waals surface area (Å²) in [5.74, 6) is -0.193. The molecule has 1 saturated heterocycles. The zero-order valence-electron chi connectivity index (χ0n) is 20.3. The Morgan fingerprint density at radius 1 is 0.912 bits per heavy atom. The third-order valence-corrected chi connectivity index (χ3v) is 5.84. The summed E-state index contributed by atoms with van der Waals surface area (Å²) in [7, 11) is 0. The van der Waals surface area contributed by atoms with E-state index in [1.54, 1.807) is 25.7 Å². The van der Waals surface area contributed by atoms with Crippen LogP contribution in [-0.4, -0.2) is 54.6 Å².